The fourth-order valence-corrected chi connectivity index (χ4v) is 4.62. The minimum Gasteiger partial charge on any atom is -0.444 e. The molecule has 0 bridgehead atoms. The van der Waals surface area contributed by atoms with Crippen LogP contribution in [-0.4, -0.2) is 27.6 Å². The van der Waals surface area contributed by atoms with Crippen molar-refractivity contribution < 1.29 is 18.7 Å². The van der Waals surface area contributed by atoms with Gasteiger partial charge in [-0.2, -0.15) is 0 Å². The van der Waals surface area contributed by atoms with E-state index in [2.05, 4.69) is 34.4 Å². The van der Waals surface area contributed by atoms with Crippen LogP contribution in [0, 0.1) is 30.5 Å². The smallest absolute Gasteiger partial charge is 0.412 e. The van der Waals surface area contributed by atoms with Crippen molar-refractivity contribution in [3.05, 3.63) is 48.2 Å². The van der Waals surface area contributed by atoms with Gasteiger partial charge in [0.25, 0.3) is 0 Å². The number of amides is 2. The highest BCUT2D eigenvalue weighted by atomic mass is 19.1. The van der Waals surface area contributed by atoms with Crippen LogP contribution in [-0.2, 0) is 9.53 Å². The van der Waals surface area contributed by atoms with E-state index in [0.717, 1.165) is 12.0 Å². The molecule has 1 aliphatic rings. The number of hydrogen-bond acceptors (Lipinski definition) is 5. The maximum absolute atomic E-state index is 15.8. The van der Waals surface area contributed by atoms with Gasteiger partial charge in [-0.25, -0.2) is 14.2 Å². The zero-order valence-corrected chi connectivity index (χ0v) is 20.9. The highest BCUT2D eigenvalue weighted by Crippen LogP contribution is 2.48. The highest BCUT2D eigenvalue weighted by Gasteiger charge is 2.50. The first-order valence-corrected chi connectivity index (χ1v) is 11.8. The summed E-state index contributed by atoms with van der Waals surface area (Å²) in [5, 5.41) is 6.46. The van der Waals surface area contributed by atoms with Crippen LogP contribution in [0.4, 0.5) is 20.7 Å². The number of aryl methyl sites for hydroxylation is 1. The first-order chi connectivity index (χ1) is 16.5. The van der Waals surface area contributed by atoms with Crippen LogP contribution in [0.3, 0.4) is 0 Å². The second-order valence-electron chi connectivity index (χ2n) is 10.2. The number of carbonyl (C=O) groups is 2. The van der Waals surface area contributed by atoms with Gasteiger partial charge in [0.05, 0.1) is 5.69 Å². The molecule has 3 aromatic rings. The van der Waals surface area contributed by atoms with E-state index in [4.69, 9.17) is 4.74 Å². The van der Waals surface area contributed by atoms with Crippen molar-refractivity contribution in [3.63, 3.8) is 0 Å². The average Bonchev–Trinajstić information content (AvgIpc) is 3.44. The molecule has 7 nitrogen and oxygen atoms in total. The summed E-state index contributed by atoms with van der Waals surface area (Å²) in [6, 6.07) is 5.16. The van der Waals surface area contributed by atoms with Gasteiger partial charge in [0, 0.05) is 41.0 Å². The van der Waals surface area contributed by atoms with E-state index >= 15 is 4.39 Å². The van der Waals surface area contributed by atoms with Crippen molar-refractivity contribution in [2.24, 2.45) is 17.8 Å². The van der Waals surface area contributed by atoms with Crippen molar-refractivity contribution in [2.45, 2.75) is 53.6 Å². The Labute approximate surface area is 204 Å². The summed E-state index contributed by atoms with van der Waals surface area (Å²) in [6.07, 6.45) is 4.85. The summed E-state index contributed by atoms with van der Waals surface area (Å²) < 4.78 is 21.2. The Balaban J connectivity index is 1.77. The van der Waals surface area contributed by atoms with E-state index in [1.54, 1.807) is 51.4 Å². The van der Waals surface area contributed by atoms with E-state index in [9.17, 15) is 9.59 Å². The van der Waals surface area contributed by atoms with Crippen LogP contribution in [0.25, 0.3) is 21.9 Å². The van der Waals surface area contributed by atoms with Crippen LogP contribution in [0.1, 0.15) is 46.6 Å². The van der Waals surface area contributed by atoms with Gasteiger partial charge in [0.2, 0.25) is 5.91 Å². The van der Waals surface area contributed by atoms with Gasteiger partial charge in [-0.3, -0.25) is 15.1 Å². The monoisotopic (exact) mass is 478 g/mol. The lowest BCUT2D eigenvalue weighted by molar-refractivity contribution is -0.117. The van der Waals surface area contributed by atoms with Crippen molar-refractivity contribution in [2.75, 3.05) is 10.6 Å². The molecule has 1 unspecified atom stereocenters. The summed E-state index contributed by atoms with van der Waals surface area (Å²) in [4.78, 5) is 33.7. The molecular formula is C27H31FN4O3. The topological polar surface area (TPSA) is 93.2 Å². The Kier molecular flexibility index (Phi) is 6.49. The number of ether oxygens (including phenoxy) is 1. The molecule has 2 aromatic heterocycles. The molecule has 2 amide bonds. The number of fused-ring (bicyclic) bond motifs is 1. The normalized spacial score (nSPS) is 19.3. The molecule has 0 spiro atoms. The third-order valence-corrected chi connectivity index (χ3v) is 6.50. The van der Waals surface area contributed by atoms with Crippen LogP contribution in [0.15, 0.2) is 36.8 Å². The van der Waals surface area contributed by atoms with E-state index in [0.29, 0.717) is 34.0 Å². The first kappa shape index (κ1) is 24.6. The lowest BCUT2D eigenvalue weighted by Crippen LogP contribution is -2.27. The maximum atomic E-state index is 15.8. The fraction of sp³-hybridized carbons (Fsp3) is 0.407. The Bertz CT molecular complexity index is 1300. The third kappa shape index (κ3) is 5.11. The second-order valence-corrected chi connectivity index (χ2v) is 10.2. The van der Waals surface area contributed by atoms with Gasteiger partial charge < -0.3 is 10.1 Å². The number of rotatable bonds is 5. The van der Waals surface area contributed by atoms with Gasteiger partial charge in [-0.05, 0) is 68.7 Å². The molecule has 0 saturated heterocycles. The number of nitrogens with zero attached hydrogens (tertiary/aromatic N) is 2. The number of pyridine rings is 2. The number of carbonyl (C=O) groups excluding carboxylic acids is 2. The number of anilines is 2. The van der Waals surface area contributed by atoms with Crippen LogP contribution in [0.5, 0.6) is 0 Å². The molecule has 1 saturated carbocycles. The fourth-order valence-electron chi connectivity index (χ4n) is 4.62. The number of aromatic nitrogens is 2. The van der Waals surface area contributed by atoms with E-state index in [-0.39, 0.29) is 23.1 Å². The molecule has 0 radical (unpaired) electrons. The molecule has 8 heteroatoms. The summed E-state index contributed by atoms with van der Waals surface area (Å²) in [5.41, 5.74) is 0.915. The standard InChI is InChI=1S/C27H31FN4O3/c1-7-17-15(3)22(17)25(33)31-21-11-16-10-18(19-12-29-9-8-14(19)2)23(28)24(20(16)13-30-21)32-26(34)35-27(4,5)6/h8-13,15,17,22H,7H2,1-6H3,(H,32,34)(H,30,31,33)/t15?,17-,22-/m0/s1. The molecule has 1 aliphatic carbocycles. The molecule has 0 aliphatic heterocycles. The minimum absolute atomic E-state index is 0.0243. The van der Waals surface area contributed by atoms with Crippen molar-refractivity contribution in [1.82, 2.24) is 9.97 Å². The Morgan fingerprint density at radius 2 is 1.89 bits per heavy atom. The van der Waals surface area contributed by atoms with Crippen LogP contribution in [0.2, 0.25) is 0 Å². The SMILES string of the molecule is CC[C@H]1C(C)[C@@H]1C(=O)Nc1cc2cc(-c3cnccc3C)c(F)c(NC(=O)OC(C)(C)C)c2cn1. The van der Waals surface area contributed by atoms with Crippen molar-refractivity contribution in [1.29, 1.82) is 0 Å². The quantitative estimate of drug-likeness (QED) is 0.447. The van der Waals surface area contributed by atoms with Crippen LogP contribution >= 0.6 is 0 Å². The van der Waals surface area contributed by atoms with Gasteiger partial charge in [0.1, 0.15) is 11.4 Å². The molecule has 2 N–H and O–H groups in total. The lowest BCUT2D eigenvalue weighted by Gasteiger charge is -2.21. The molecule has 2 heterocycles. The zero-order valence-electron chi connectivity index (χ0n) is 20.9. The number of nitrogens with one attached hydrogen (secondary N) is 2. The Hall–Kier alpha value is -3.55. The zero-order chi connectivity index (χ0) is 25.5. The third-order valence-electron chi connectivity index (χ3n) is 6.50. The predicted molar refractivity (Wildman–Crippen MR) is 135 cm³/mol. The molecule has 35 heavy (non-hydrogen) atoms. The largest absolute Gasteiger partial charge is 0.444 e. The Morgan fingerprint density at radius 3 is 2.51 bits per heavy atom. The van der Waals surface area contributed by atoms with Crippen molar-refractivity contribution in [3.8, 4) is 11.1 Å². The number of halogens is 1. The maximum Gasteiger partial charge on any atom is 0.412 e. The summed E-state index contributed by atoms with van der Waals surface area (Å²) >= 11 is 0. The molecule has 4 rings (SSSR count). The Morgan fingerprint density at radius 1 is 1.14 bits per heavy atom. The van der Waals surface area contributed by atoms with Gasteiger partial charge in [-0.1, -0.05) is 20.3 Å². The first-order valence-electron chi connectivity index (χ1n) is 11.8. The van der Waals surface area contributed by atoms with E-state index < -0.39 is 17.5 Å². The minimum atomic E-state index is -0.775. The number of hydrogen-bond donors (Lipinski definition) is 2. The molecular weight excluding hydrogens is 447 g/mol. The highest BCUT2D eigenvalue weighted by molar-refractivity contribution is 6.04. The lowest BCUT2D eigenvalue weighted by atomic mass is 9.98. The van der Waals surface area contributed by atoms with Crippen LogP contribution < -0.4 is 10.6 Å². The van der Waals surface area contributed by atoms with Gasteiger partial charge in [-0.15, -0.1) is 0 Å². The molecule has 184 valence electrons. The van der Waals surface area contributed by atoms with E-state index in [1.807, 2.05) is 6.92 Å². The number of benzene rings is 1. The van der Waals surface area contributed by atoms with Gasteiger partial charge >= 0.3 is 6.09 Å². The molecule has 3 atom stereocenters. The van der Waals surface area contributed by atoms with Gasteiger partial charge in [0.15, 0.2) is 5.82 Å². The summed E-state index contributed by atoms with van der Waals surface area (Å²) in [5.74, 6) is 0.405. The summed E-state index contributed by atoms with van der Waals surface area (Å²) in [6.45, 7) is 11.2. The average molecular weight is 479 g/mol. The van der Waals surface area contributed by atoms with E-state index in [1.165, 1.54) is 6.20 Å². The van der Waals surface area contributed by atoms with Crippen molar-refractivity contribution >= 4 is 34.3 Å². The molecule has 1 fully saturated rings. The molecule has 1 aromatic carbocycles. The predicted octanol–water partition coefficient (Wildman–Crippen LogP) is 6.32. The summed E-state index contributed by atoms with van der Waals surface area (Å²) in [7, 11) is 0. The second kappa shape index (κ2) is 9.24.